The lowest BCUT2D eigenvalue weighted by Crippen LogP contribution is -2.32. The van der Waals surface area contributed by atoms with Crippen LogP contribution in [0.5, 0.6) is 0 Å². The van der Waals surface area contributed by atoms with Gasteiger partial charge in [-0.05, 0) is 19.1 Å². The SMILES string of the molecule is Cc1cn(CC(=O)c2cc3ccccc3[nH]2)c(=O)[nH]c1=O. The van der Waals surface area contributed by atoms with E-state index in [0.29, 0.717) is 11.3 Å². The number of para-hydroxylation sites is 1. The van der Waals surface area contributed by atoms with Gasteiger partial charge in [0.25, 0.3) is 5.56 Å². The molecule has 0 saturated heterocycles. The Kier molecular flexibility index (Phi) is 3.06. The lowest BCUT2D eigenvalue weighted by atomic mass is 10.2. The number of aryl methyl sites for hydroxylation is 1. The third kappa shape index (κ3) is 2.43. The third-order valence-corrected chi connectivity index (χ3v) is 3.33. The quantitative estimate of drug-likeness (QED) is 0.708. The number of fused-ring (bicyclic) bond motifs is 1. The molecule has 0 amide bonds. The Hall–Kier alpha value is -2.89. The van der Waals surface area contributed by atoms with Crippen molar-refractivity contribution in [3.8, 4) is 0 Å². The number of nitrogens with zero attached hydrogens (tertiary/aromatic N) is 1. The van der Waals surface area contributed by atoms with E-state index in [1.807, 2.05) is 24.3 Å². The standard InChI is InChI=1S/C15H13N3O3/c1-9-7-18(15(21)17-14(9)20)8-13(19)12-6-10-4-2-3-5-11(10)16-12/h2-7,16H,8H2,1H3,(H,17,20,21). The van der Waals surface area contributed by atoms with Crippen LogP contribution >= 0.6 is 0 Å². The lowest BCUT2D eigenvalue weighted by molar-refractivity contribution is 0.0966. The first-order chi connectivity index (χ1) is 10.0. The summed E-state index contributed by atoms with van der Waals surface area (Å²) in [5.41, 5.74) is 0.668. The highest BCUT2D eigenvalue weighted by Crippen LogP contribution is 2.15. The van der Waals surface area contributed by atoms with E-state index in [0.717, 1.165) is 10.9 Å². The zero-order valence-electron chi connectivity index (χ0n) is 11.3. The first-order valence-corrected chi connectivity index (χ1v) is 6.46. The van der Waals surface area contributed by atoms with Crippen molar-refractivity contribution in [1.82, 2.24) is 14.5 Å². The Morgan fingerprint density at radius 2 is 1.95 bits per heavy atom. The highest BCUT2D eigenvalue weighted by atomic mass is 16.2. The summed E-state index contributed by atoms with van der Waals surface area (Å²) in [6, 6.07) is 9.30. The van der Waals surface area contributed by atoms with Crippen molar-refractivity contribution in [3.05, 3.63) is 68.6 Å². The summed E-state index contributed by atoms with van der Waals surface area (Å²) in [5.74, 6) is -0.222. The molecule has 106 valence electrons. The number of hydrogen-bond acceptors (Lipinski definition) is 3. The number of carbonyl (C=O) groups excluding carboxylic acids is 1. The van der Waals surface area contributed by atoms with Gasteiger partial charge in [0.2, 0.25) is 0 Å². The van der Waals surface area contributed by atoms with Crippen LogP contribution < -0.4 is 11.2 Å². The zero-order chi connectivity index (χ0) is 15.0. The van der Waals surface area contributed by atoms with Gasteiger partial charge in [-0.1, -0.05) is 18.2 Å². The summed E-state index contributed by atoms with van der Waals surface area (Å²) in [6.07, 6.45) is 1.39. The molecule has 3 aromatic rings. The first-order valence-electron chi connectivity index (χ1n) is 6.46. The van der Waals surface area contributed by atoms with Crippen LogP contribution in [0.25, 0.3) is 10.9 Å². The average Bonchev–Trinajstić information content (AvgIpc) is 2.88. The van der Waals surface area contributed by atoms with Gasteiger partial charge in [0.05, 0.1) is 12.2 Å². The zero-order valence-corrected chi connectivity index (χ0v) is 11.3. The Morgan fingerprint density at radius 1 is 1.19 bits per heavy atom. The van der Waals surface area contributed by atoms with E-state index in [2.05, 4.69) is 9.97 Å². The number of benzene rings is 1. The molecule has 0 fully saturated rings. The predicted molar refractivity (Wildman–Crippen MR) is 78.7 cm³/mol. The van der Waals surface area contributed by atoms with Crippen molar-refractivity contribution in [2.45, 2.75) is 13.5 Å². The molecular weight excluding hydrogens is 270 g/mol. The minimum Gasteiger partial charge on any atom is -0.352 e. The molecule has 0 spiro atoms. The van der Waals surface area contributed by atoms with Crippen molar-refractivity contribution >= 4 is 16.7 Å². The minimum atomic E-state index is -0.588. The Labute approximate surface area is 119 Å². The van der Waals surface area contributed by atoms with Gasteiger partial charge in [0.15, 0.2) is 5.78 Å². The van der Waals surface area contributed by atoms with E-state index in [4.69, 9.17) is 0 Å². The van der Waals surface area contributed by atoms with E-state index < -0.39 is 11.2 Å². The van der Waals surface area contributed by atoms with Crippen LogP contribution in [0.15, 0.2) is 46.1 Å². The molecule has 0 atom stereocenters. The fraction of sp³-hybridized carbons (Fsp3) is 0.133. The number of carbonyl (C=O) groups is 1. The van der Waals surface area contributed by atoms with E-state index in [1.54, 1.807) is 13.0 Å². The first kappa shape index (κ1) is 13.1. The molecule has 0 radical (unpaired) electrons. The summed E-state index contributed by atoms with van der Waals surface area (Å²) >= 11 is 0. The second-order valence-electron chi connectivity index (χ2n) is 4.89. The van der Waals surface area contributed by atoms with Gasteiger partial charge in [-0.15, -0.1) is 0 Å². The van der Waals surface area contributed by atoms with Gasteiger partial charge < -0.3 is 4.98 Å². The number of hydrogen-bond donors (Lipinski definition) is 2. The lowest BCUT2D eigenvalue weighted by Gasteiger charge is -2.04. The van der Waals surface area contributed by atoms with Crippen molar-refractivity contribution in [2.75, 3.05) is 0 Å². The minimum absolute atomic E-state index is 0.122. The maximum Gasteiger partial charge on any atom is 0.328 e. The van der Waals surface area contributed by atoms with Gasteiger partial charge in [-0.25, -0.2) is 4.79 Å². The van der Waals surface area contributed by atoms with Crippen molar-refractivity contribution in [2.24, 2.45) is 0 Å². The Bertz CT molecular complexity index is 913. The monoisotopic (exact) mass is 283 g/mol. The number of rotatable bonds is 3. The molecule has 2 heterocycles. The van der Waals surface area contributed by atoms with Crippen LogP contribution in [0.1, 0.15) is 16.1 Å². The van der Waals surface area contributed by atoms with Gasteiger partial charge >= 0.3 is 5.69 Å². The highest BCUT2D eigenvalue weighted by molar-refractivity contribution is 5.99. The molecule has 2 N–H and O–H groups in total. The molecule has 0 bridgehead atoms. The summed E-state index contributed by atoms with van der Waals surface area (Å²) in [6.45, 7) is 1.46. The maximum atomic E-state index is 12.2. The number of H-pyrrole nitrogens is 2. The summed E-state index contributed by atoms with van der Waals surface area (Å²) in [7, 11) is 0. The summed E-state index contributed by atoms with van der Waals surface area (Å²) < 4.78 is 1.20. The topological polar surface area (TPSA) is 87.7 Å². The van der Waals surface area contributed by atoms with Gasteiger partial charge in [-0.2, -0.15) is 0 Å². The molecule has 0 saturated carbocycles. The molecule has 0 aliphatic carbocycles. The van der Waals surface area contributed by atoms with Crippen molar-refractivity contribution < 1.29 is 4.79 Å². The maximum absolute atomic E-state index is 12.2. The third-order valence-electron chi connectivity index (χ3n) is 3.33. The number of nitrogens with one attached hydrogen (secondary N) is 2. The molecule has 1 aromatic carbocycles. The molecule has 6 heteroatoms. The van der Waals surface area contributed by atoms with Crippen molar-refractivity contribution in [3.63, 3.8) is 0 Å². The molecule has 6 nitrogen and oxygen atoms in total. The fourth-order valence-corrected chi connectivity index (χ4v) is 2.20. The molecule has 3 rings (SSSR count). The van der Waals surface area contributed by atoms with E-state index in [9.17, 15) is 14.4 Å². The number of aromatic nitrogens is 3. The van der Waals surface area contributed by atoms with Crippen LogP contribution in [0, 0.1) is 6.92 Å². The van der Waals surface area contributed by atoms with Crippen LogP contribution in [0.4, 0.5) is 0 Å². The van der Waals surface area contributed by atoms with E-state index >= 15 is 0 Å². The highest BCUT2D eigenvalue weighted by Gasteiger charge is 2.11. The van der Waals surface area contributed by atoms with Crippen LogP contribution in [-0.4, -0.2) is 20.3 Å². The smallest absolute Gasteiger partial charge is 0.328 e. The van der Waals surface area contributed by atoms with Gasteiger partial charge in [0, 0.05) is 22.7 Å². The largest absolute Gasteiger partial charge is 0.352 e. The van der Waals surface area contributed by atoms with Crippen LogP contribution in [0.3, 0.4) is 0 Å². The number of ketones is 1. The molecular formula is C15H13N3O3. The molecule has 21 heavy (non-hydrogen) atoms. The molecule has 0 unspecified atom stereocenters. The normalized spacial score (nSPS) is 10.9. The molecule has 0 aliphatic rings. The van der Waals surface area contributed by atoms with Gasteiger partial charge in [0.1, 0.15) is 0 Å². The summed E-state index contributed by atoms with van der Waals surface area (Å²) in [4.78, 5) is 40.4. The number of Topliss-reactive ketones (excluding diaryl/α,β-unsaturated/α-hetero) is 1. The second kappa shape index (κ2) is 4.90. The second-order valence-corrected chi connectivity index (χ2v) is 4.89. The predicted octanol–water partition coefficient (Wildman–Crippen LogP) is 1.21. The Balaban J connectivity index is 1.94. The fourth-order valence-electron chi connectivity index (χ4n) is 2.20. The number of aromatic amines is 2. The van der Waals surface area contributed by atoms with Crippen LogP contribution in [0.2, 0.25) is 0 Å². The molecule has 2 aromatic heterocycles. The Morgan fingerprint density at radius 3 is 2.71 bits per heavy atom. The average molecular weight is 283 g/mol. The van der Waals surface area contributed by atoms with Gasteiger partial charge in [-0.3, -0.25) is 19.1 Å². The van der Waals surface area contributed by atoms with Crippen LogP contribution in [-0.2, 0) is 6.54 Å². The van der Waals surface area contributed by atoms with E-state index in [-0.39, 0.29) is 12.3 Å². The summed E-state index contributed by atoms with van der Waals surface area (Å²) in [5, 5.41) is 0.936. The molecule has 0 aliphatic heterocycles. The van der Waals surface area contributed by atoms with Crippen molar-refractivity contribution in [1.29, 1.82) is 0 Å². The van der Waals surface area contributed by atoms with E-state index in [1.165, 1.54) is 10.8 Å².